The van der Waals surface area contributed by atoms with Crippen LogP contribution < -0.4 is 0 Å². The van der Waals surface area contributed by atoms with Crippen LogP contribution in [-0.2, 0) is 20.1 Å². The summed E-state index contributed by atoms with van der Waals surface area (Å²) >= 11 is 6.40. The van der Waals surface area contributed by atoms with Crippen LogP contribution in [0.3, 0.4) is 0 Å². The van der Waals surface area contributed by atoms with Crippen LogP contribution in [0.2, 0.25) is 5.15 Å². The summed E-state index contributed by atoms with van der Waals surface area (Å²) in [6, 6.07) is 11.3. The first-order valence-electron chi connectivity index (χ1n) is 8.69. The maximum absolute atomic E-state index is 6.40. The highest BCUT2D eigenvalue weighted by atomic mass is 35.5. The van der Waals surface area contributed by atoms with E-state index >= 15 is 0 Å². The van der Waals surface area contributed by atoms with Crippen molar-refractivity contribution in [2.45, 2.75) is 38.9 Å². The third-order valence-electron chi connectivity index (χ3n) is 5.03. The largest absolute Gasteiger partial charge is 0.298 e. The average Bonchev–Trinajstić information content (AvgIpc) is 2.82. The summed E-state index contributed by atoms with van der Waals surface area (Å²) in [7, 11) is 4.15. The molecule has 0 aliphatic carbocycles. The molecule has 0 radical (unpaired) electrons. The number of benzene rings is 1. The maximum atomic E-state index is 6.40. The standard InChI is InChI=1S/C19H27ClN4/c1-15-18(19(20)23(3)21-15)14-24-11-7-10-17(13-24)22(2)12-16-8-5-4-6-9-16/h4-6,8-9,17H,7,10-14H2,1-3H3/t17-/m0/s1. The second kappa shape index (κ2) is 7.68. The van der Waals surface area contributed by atoms with E-state index in [2.05, 4.69) is 52.3 Å². The molecule has 0 N–H and O–H groups in total. The summed E-state index contributed by atoms with van der Waals surface area (Å²) in [5.74, 6) is 0. The third-order valence-corrected chi connectivity index (χ3v) is 5.50. The summed E-state index contributed by atoms with van der Waals surface area (Å²) in [6.45, 7) is 6.18. The zero-order valence-electron chi connectivity index (χ0n) is 14.9. The summed E-state index contributed by atoms with van der Waals surface area (Å²) in [5.41, 5.74) is 3.59. The number of nitrogens with zero attached hydrogens (tertiary/aromatic N) is 4. The van der Waals surface area contributed by atoms with Crippen LogP contribution >= 0.6 is 11.6 Å². The van der Waals surface area contributed by atoms with Crippen LogP contribution in [0.15, 0.2) is 30.3 Å². The lowest BCUT2D eigenvalue weighted by atomic mass is 10.0. The molecule has 4 nitrogen and oxygen atoms in total. The Hall–Kier alpha value is -1.36. The first-order chi connectivity index (χ1) is 11.5. The van der Waals surface area contributed by atoms with E-state index in [-0.39, 0.29) is 0 Å². The number of aromatic nitrogens is 2. The molecule has 0 saturated carbocycles. The van der Waals surface area contributed by atoms with E-state index in [1.165, 1.54) is 24.0 Å². The Bertz CT molecular complexity index is 668. The van der Waals surface area contributed by atoms with Gasteiger partial charge in [0.05, 0.1) is 5.69 Å². The molecule has 1 aliphatic rings. The van der Waals surface area contributed by atoms with Gasteiger partial charge in [0, 0.05) is 38.3 Å². The first kappa shape index (κ1) is 17.5. The molecule has 1 atom stereocenters. The predicted molar refractivity (Wildman–Crippen MR) is 99.2 cm³/mol. The summed E-state index contributed by atoms with van der Waals surface area (Å²) in [6.07, 6.45) is 2.50. The predicted octanol–water partition coefficient (Wildman–Crippen LogP) is 3.48. The van der Waals surface area contributed by atoms with E-state index in [4.69, 9.17) is 11.6 Å². The Balaban J connectivity index is 1.61. The lowest BCUT2D eigenvalue weighted by Gasteiger charge is -2.37. The molecule has 1 aliphatic heterocycles. The van der Waals surface area contributed by atoms with Gasteiger partial charge in [-0.15, -0.1) is 0 Å². The number of piperidine rings is 1. The Kier molecular flexibility index (Phi) is 5.59. The number of hydrogen-bond acceptors (Lipinski definition) is 3. The quantitative estimate of drug-likeness (QED) is 0.828. The van der Waals surface area contributed by atoms with Gasteiger partial charge in [-0.25, -0.2) is 0 Å². The average molecular weight is 347 g/mol. The lowest BCUT2D eigenvalue weighted by Crippen LogP contribution is -2.45. The van der Waals surface area contributed by atoms with Crippen LogP contribution in [0.1, 0.15) is 29.7 Å². The number of likely N-dealkylation sites (tertiary alicyclic amines) is 1. The highest BCUT2D eigenvalue weighted by molar-refractivity contribution is 6.30. The topological polar surface area (TPSA) is 24.3 Å². The minimum atomic E-state index is 0.592. The fourth-order valence-corrected chi connectivity index (χ4v) is 3.85. The summed E-state index contributed by atoms with van der Waals surface area (Å²) in [4.78, 5) is 5.00. The van der Waals surface area contributed by atoms with Gasteiger partial charge in [-0.2, -0.15) is 5.10 Å². The van der Waals surface area contributed by atoms with Crippen molar-refractivity contribution < 1.29 is 0 Å². The molecule has 2 heterocycles. The second-order valence-electron chi connectivity index (χ2n) is 6.91. The molecule has 1 fully saturated rings. The van der Waals surface area contributed by atoms with Crippen molar-refractivity contribution in [1.82, 2.24) is 19.6 Å². The van der Waals surface area contributed by atoms with Gasteiger partial charge in [-0.3, -0.25) is 14.5 Å². The van der Waals surface area contributed by atoms with Crippen LogP contribution in [0, 0.1) is 6.92 Å². The maximum Gasteiger partial charge on any atom is 0.131 e. The van der Waals surface area contributed by atoms with Gasteiger partial charge in [-0.05, 0) is 38.9 Å². The van der Waals surface area contributed by atoms with Crippen LogP contribution in [0.5, 0.6) is 0 Å². The van der Waals surface area contributed by atoms with Crippen molar-refractivity contribution in [2.24, 2.45) is 7.05 Å². The van der Waals surface area contributed by atoms with Gasteiger partial charge in [0.15, 0.2) is 0 Å². The van der Waals surface area contributed by atoms with Gasteiger partial charge in [0.1, 0.15) is 5.15 Å². The molecule has 0 bridgehead atoms. The first-order valence-corrected chi connectivity index (χ1v) is 9.07. The molecule has 1 saturated heterocycles. The minimum absolute atomic E-state index is 0.592. The fraction of sp³-hybridized carbons (Fsp3) is 0.526. The number of hydrogen-bond donors (Lipinski definition) is 0. The molecule has 0 spiro atoms. The summed E-state index contributed by atoms with van der Waals surface area (Å²) < 4.78 is 1.77. The molecule has 5 heteroatoms. The number of rotatable bonds is 5. The van der Waals surface area contributed by atoms with Crippen molar-refractivity contribution >= 4 is 11.6 Å². The smallest absolute Gasteiger partial charge is 0.131 e. The van der Waals surface area contributed by atoms with Crippen LogP contribution in [0.25, 0.3) is 0 Å². The van der Waals surface area contributed by atoms with Crippen LogP contribution in [-0.4, -0.2) is 45.8 Å². The van der Waals surface area contributed by atoms with Crippen molar-refractivity contribution in [2.75, 3.05) is 20.1 Å². The molecule has 130 valence electrons. The highest BCUT2D eigenvalue weighted by Crippen LogP contribution is 2.24. The van der Waals surface area contributed by atoms with E-state index in [0.717, 1.165) is 37.0 Å². The minimum Gasteiger partial charge on any atom is -0.298 e. The van der Waals surface area contributed by atoms with Crippen molar-refractivity contribution in [3.05, 3.63) is 52.3 Å². The van der Waals surface area contributed by atoms with Crippen molar-refractivity contribution in [3.63, 3.8) is 0 Å². The molecular weight excluding hydrogens is 320 g/mol. The number of likely N-dealkylation sites (N-methyl/N-ethyl adjacent to an activating group) is 1. The molecule has 1 aromatic carbocycles. The van der Waals surface area contributed by atoms with Gasteiger partial charge >= 0.3 is 0 Å². The molecule has 24 heavy (non-hydrogen) atoms. The van der Waals surface area contributed by atoms with Gasteiger partial charge in [-0.1, -0.05) is 41.9 Å². The molecule has 0 amide bonds. The monoisotopic (exact) mass is 346 g/mol. The van der Waals surface area contributed by atoms with Gasteiger partial charge < -0.3 is 0 Å². The molecule has 1 aromatic heterocycles. The number of aryl methyl sites for hydroxylation is 2. The van der Waals surface area contributed by atoms with Crippen LogP contribution in [0.4, 0.5) is 0 Å². The van der Waals surface area contributed by atoms with Crippen molar-refractivity contribution in [3.8, 4) is 0 Å². The lowest BCUT2D eigenvalue weighted by molar-refractivity contribution is 0.107. The van der Waals surface area contributed by atoms with E-state index in [0.29, 0.717) is 6.04 Å². The van der Waals surface area contributed by atoms with E-state index in [1.54, 1.807) is 4.68 Å². The Morgan fingerprint density at radius 3 is 2.71 bits per heavy atom. The molecule has 2 aromatic rings. The second-order valence-corrected chi connectivity index (χ2v) is 7.27. The number of halogens is 1. The SMILES string of the molecule is Cc1nn(C)c(Cl)c1CN1CCC[C@H](N(C)Cc2ccccc2)C1. The van der Waals surface area contributed by atoms with E-state index in [1.807, 2.05) is 14.0 Å². The molecule has 0 unspecified atom stereocenters. The fourth-order valence-electron chi connectivity index (χ4n) is 3.61. The van der Waals surface area contributed by atoms with Gasteiger partial charge in [0.25, 0.3) is 0 Å². The molecule has 3 rings (SSSR count). The normalized spacial score (nSPS) is 19.1. The molecular formula is C19H27ClN4. The zero-order valence-corrected chi connectivity index (χ0v) is 15.6. The van der Waals surface area contributed by atoms with E-state index < -0.39 is 0 Å². The zero-order chi connectivity index (χ0) is 17.1. The Labute approximate surface area is 150 Å². The highest BCUT2D eigenvalue weighted by Gasteiger charge is 2.25. The third kappa shape index (κ3) is 4.00. The van der Waals surface area contributed by atoms with E-state index in [9.17, 15) is 0 Å². The Morgan fingerprint density at radius 1 is 1.29 bits per heavy atom. The van der Waals surface area contributed by atoms with Crippen molar-refractivity contribution in [1.29, 1.82) is 0 Å². The van der Waals surface area contributed by atoms with Gasteiger partial charge in [0.2, 0.25) is 0 Å². The Morgan fingerprint density at radius 2 is 2.04 bits per heavy atom. The summed E-state index contributed by atoms with van der Waals surface area (Å²) in [5, 5.41) is 5.20.